The highest BCUT2D eigenvalue weighted by Gasteiger charge is 2.37. The molecule has 0 amide bonds. The van der Waals surface area contributed by atoms with Gasteiger partial charge in [-0.15, -0.1) is 0 Å². The van der Waals surface area contributed by atoms with Crippen molar-refractivity contribution in [2.75, 3.05) is 6.54 Å². The molecule has 1 aliphatic rings. The molecule has 1 atom stereocenters. The highest BCUT2D eigenvalue weighted by atomic mass is 32.2. The minimum absolute atomic E-state index is 0.0146. The Morgan fingerprint density at radius 1 is 1.13 bits per heavy atom. The molecular weight excluding hydrogens is 310 g/mol. The van der Waals surface area contributed by atoms with Crippen LogP contribution in [0.25, 0.3) is 0 Å². The molecule has 0 heterocycles. The quantitative estimate of drug-likeness (QED) is 0.904. The van der Waals surface area contributed by atoms with Crippen LogP contribution in [0.3, 0.4) is 0 Å². The Morgan fingerprint density at radius 3 is 2.61 bits per heavy atom. The van der Waals surface area contributed by atoms with E-state index >= 15 is 0 Å². The third-order valence-electron chi connectivity index (χ3n) is 4.67. The first-order valence-electron chi connectivity index (χ1n) is 7.69. The van der Waals surface area contributed by atoms with Gasteiger partial charge in [0, 0.05) is 6.54 Å². The van der Waals surface area contributed by atoms with E-state index in [9.17, 15) is 13.5 Å². The number of rotatable bonds is 4. The van der Waals surface area contributed by atoms with Crippen LogP contribution in [0.2, 0.25) is 0 Å². The van der Waals surface area contributed by atoms with Crippen molar-refractivity contribution >= 4 is 10.0 Å². The van der Waals surface area contributed by atoms with Gasteiger partial charge in [-0.3, -0.25) is 0 Å². The van der Waals surface area contributed by atoms with Crippen LogP contribution < -0.4 is 4.72 Å². The molecule has 0 spiro atoms. The monoisotopic (exact) mass is 331 g/mol. The minimum Gasteiger partial charge on any atom is -0.384 e. The van der Waals surface area contributed by atoms with Gasteiger partial charge >= 0.3 is 0 Å². The lowest BCUT2D eigenvalue weighted by molar-refractivity contribution is 0.0442. The maximum absolute atomic E-state index is 12.5. The van der Waals surface area contributed by atoms with E-state index < -0.39 is 15.6 Å². The number of fused-ring (bicyclic) bond motifs is 1. The second-order valence-electron chi connectivity index (χ2n) is 6.26. The highest BCUT2D eigenvalue weighted by molar-refractivity contribution is 7.89. The fourth-order valence-electron chi connectivity index (χ4n) is 3.03. The van der Waals surface area contributed by atoms with Crippen molar-refractivity contribution in [1.29, 1.82) is 0 Å². The molecule has 0 aromatic heterocycles. The molecule has 5 heteroatoms. The summed E-state index contributed by atoms with van der Waals surface area (Å²) in [6.07, 6.45) is 1.29. The number of hydrogen-bond acceptors (Lipinski definition) is 3. The summed E-state index contributed by atoms with van der Waals surface area (Å²) in [5, 5.41) is 10.8. The first-order valence-corrected chi connectivity index (χ1v) is 9.18. The van der Waals surface area contributed by atoms with Gasteiger partial charge < -0.3 is 5.11 Å². The van der Waals surface area contributed by atoms with Crippen LogP contribution in [0.4, 0.5) is 0 Å². The number of nitrogens with one attached hydrogen (secondary N) is 1. The summed E-state index contributed by atoms with van der Waals surface area (Å²) < 4.78 is 27.5. The number of aryl methyl sites for hydroxylation is 3. The van der Waals surface area contributed by atoms with Gasteiger partial charge in [0.1, 0.15) is 5.60 Å². The lowest BCUT2D eigenvalue weighted by atomic mass is 9.96. The third-order valence-corrected chi connectivity index (χ3v) is 6.07. The van der Waals surface area contributed by atoms with Crippen molar-refractivity contribution in [3.8, 4) is 0 Å². The van der Waals surface area contributed by atoms with Gasteiger partial charge in [0.25, 0.3) is 0 Å². The largest absolute Gasteiger partial charge is 0.384 e. The topological polar surface area (TPSA) is 66.4 Å². The molecule has 0 aliphatic heterocycles. The lowest BCUT2D eigenvalue weighted by Gasteiger charge is -2.24. The van der Waals surface area contributed by atoms with Gasteiger partial charge in [-0.05, 0) is 61.1 Å². The van der Waals surface area contributed by atoms with E-state index in [1.807, 2.05) is 38.1 Å². The highest BCUT2D eigenvalue weighted by Crippen LogP contribution is 2.36. The minimum atomic E-state index is -3.64. The Labute approximate surface area is 137 Å². The fraction of sp³-hybridized carbons (Fsp3) is 0.333. The summed E-state index contributed by atoms with van der Waals surface area (Å²) in [4.78, 5) is 0.232. The van der Waals surface area contributed by atoms with Crippen LogP contribution in [-0.4, -0.2) is 20.1 Å². The van der Waals surface area contributed by atoms with E-state index in [0.29, 0.717) is 6.42 Å². The second kappa shape index (κ2) is 5.74. The molecule has 4 nitrogen and oxygen atoms in total. The molecule has 0 bridgehead atoms. The van der Waals surface area contributed by atoms with E-state index in [1.165, 1.54) is 0 Å². The zero-order chi connectivity index (χ0) is 16.7. The Morgan fingerprint density at radius 2 is 1.87 bits per heavy atom. The molecular formula is C18H21NO3S. The molecule has 2 N–H and O–H groups in total. The zero-order valence-corrected chi connectivity index (χ0v) is 14.2. The van der Waals surface area contributed by atoms with Gasteiger partial charge in [-0.1, -0.05) is 30.3 Å². The smallest absolute Gasteiger partial charge is 0.240 e. The van der Waals surface area contributed by atoms with Crippen molar-refractivity contribution in [2.24, 2.45) is 0 Å². The van der Waals surface area contributed by atoms with E-state index in [1.54, 1.807) is 18.2 Å². The van der Waals surface area contributed by atoms with Crippen LogP contribution >= 0.6 is 0 Å². The Bertz CT molecular complexity index is 845. The first kappa shape index (κ1) is 16.2. The van der Waals surface area contributed by atoms with Gasteiger partial charge in [0.05, 0.1) is 4.90 Å². The van der Waals surface area contributed by atoms with Crippen LogP contribution in [-0.2, 0) is 22.0 Å². The summed E-state index contributed by atoms with van der Waals surface area (Å²) in [7, 11) is -3.64. The molecule has 3 rings (SSSR count). The van der Waals surface area contributed by atoms with Crippen LogP contribution in [0.1, 0.15) is 28.7 Å². The van der Waals surface area contributed by atoms with Gasteiger partial charge in [0.2, 0.25) is 10.0 Å². The molecule has 0 saturated carbocycles. The maximum Gasteiger partial charge on any atom is 0.240 e. The molecule has 2 aromatic rings. The molecule has 0 saturated heterocycles. The number of benzene rings is 2. The molecule has 1 aliphatic carbocycles. The number of aliphatic hydroxyl groups is 1. The summed E-state index contributed by atoms with van der Waals surface area (Å²) in [5.74, 6) is 0. The summed E-state index contributed by atoms with van der Waals surface area (Å²) in [6, 6.07) is 12.7. The number of sulfonamides is 1. The molecule has 0 radical (unpaired) electrons. The average molecular weight is 331 g/mol. The SMILES string of the molecule is Cc1ccc(S(=O)(=O)NCC2(O)CCc3ccccc32)cc1C. The standard InChI is InChI=1S/C18H21NO3S/c1-13-7-8-16(11-14(13)2)23(21,22)19-12-18(20)10-9-15-5-3-4-6-17(15)18/h3-8,11,19-20H,9-10,12H2,1-2H3. The van der Waals surface area contributed by atoms with Gasteiger partial charge in [-0.2, -0.15) is 0 Å². The van der Waals surface area contributed by atoms with Crippen LogP contribution in [0, 0.1) is 13.8 Å². The zero-order valence-electron chi connectivity index (χ0n) is 13.3. The second-order valence-corrected chi connectivity index (χ2v) is 8.03. The summed E-state index contributed by atoms with van der Waals surface area (Å²) >= 11 is 0. The van der Waals surface area contributed by atoms with E-state index in [2.05, 4.69) is 4.72 Å². The van der Waals surface area contributed by atoms with Crippen molar-refractivity contribution in [1.82, 2.24) is 4.72 Å². The Hall–Kier alpha value is -1.69. The molecule has 0 fully saturated rings. The Kier molecular flexibility index (Phi) is 4.04. The van der Waals surface area contributed by atoms with E-state index in [-0.39, 0.29) is 11.4 Å². The van der Waals surface area contributed by atoms with Crippen LogP contribution in [0.15, 0.2) is 47.4 Å². The Balaban J connectivity index is 1.81. The predicted molar refractivity (Wildman–Crippen MR) is 89.8 cm³/mol. The lowest BCUT2D eigenvalue weighted by Crippen LogP contribution is -2.39. The normalized spacial score (nSPS) is 20.5. The number of hydrogen-bond donors (Lipinski definition) is 2. The van der Waals surface area contributed by atoms with Crippen molar-refractivity contribution in [2.45, 2.75) is 37.2 Å². The fourth-order valence-corrected chi connectivity index (χ4v) is 4.21. The van der Waals surface area contributed by atoms with Gasteiger partial charge in [-0.25, -0.2) is 13.1 Å². The first-order chi connectivity index (χ1) is 10.8. The maximum atomic E-state index is 12.5. The molecule has 122 valence electrons. The van der Waals surface area contributed by atoms with Crippen LogP contribution in [0.5, 0.6) is 0 Å². The molecule has 23 heavy (non-hydrogen) atoms. The van der Waals surface area contributed by atoms with Crippen molar-refractivity contribution in [3.05, 3.63) is 64.7 Å². The van der Waals surface area contributed by atoms with E-state index in [4.69, 9.17) is 0 Å². The van der Waals surface area contributed by atoms with Crippen molar-refractivity contribution in [3.63, 3.8) is 0 Å². The van der Waals surface area contributed by atoms with Crippen molar-refractivity contribution < 1.29 is 13.5 Å². The average Bonchev–Trinajstić information content (AvgIpc) is 2.87. The molecule has 2 aromatic carbocycles. The summed E-state index contributed by atoms with van der Waals surface area (Å²) in [6.45, 7) is 3.81. The van der Waals surface area contributed by atoms with Gasteiger partial charge in [0.15, 0.2) is 0 Å². The van der Waals surface area contributed by atoms with E-state index in [0.717, 1.165) is 28.7 Å². The summed E-state index contributed by atoms with van der Waals surface area (Å²) in [5.41, 5.74) is 2.75. The third kappa shape index (κ3) is 3.04. The molecule has 1 unspecified atom stereocenters. The predicted octanol–water partition coefficient (Wildman–Crippen LogP) is 2.42.